The number of primary amides is 1. The van der Waals surface area contributed by atoms with Crippen LogP contribution in [0, 0.1) is 0 Å². The van der Waals surface area contributed by atoms with Gasteiger partial charge in [0.25, 0.3) is 5.89 Å². The molecule has 0 aliphatic carbocycles. The third kappa shape index (κ3) is 5.88. The van der Waals surface area contributed by atoms with Gasteiger partial charge < -0.3 is 24.4 Å². The fourth-order valence-corrected chi connectivity index (χ4v) is 3.07. The maximum atomic E-state index is 11.5. The molecule has 2 heterocycles. The van der Waals surface area contributed by atoms with Gasteiger partial charge in [-0.15, -0.1) is 0 Å². The number of ether oxygens (including phenoxy) is 3. The molecule has 0 atom stereocenters. The Morgan fingerprint density at radius 1 is 0.909 bits per heavy atom. The first-order valence-electron chi connectivity index (χ1n) is 10.3. The van der Waals surface area contributed by atoms with Crippen molar-refractivity contribution >= 4 is 5.91 Å². The zero-order chi connectivity index (χ0) is 23.0. The molecule has 0 radical (unpaired) electrons. The van der Waals surface area contributed by atoms with Gasteiger partial charge in [0.05, 0.1) is 7.11 Å². The zero-order valence-electron chi connectivity index (χ0n) is 18.1. The SMILES string of the molecule is COc1ccc(Cc2nc(C(N)=O)oc2OCc2ccc(OCc3ccccc3)cc2)cn1. The van der Waals surface area contributed by atoms with E-state index in [9.17, 15) is 4.79 Å². The van der Waals surface area contributed by atoms with Gasteiger partial charge in [0.15, 0.2) is 0 Å². The van der Waals surface area contributed by atoms with Gasteiger partial charge in [-0.2, -0.15) is 0 Å². The summed E-state index contributed by atoms with van der Waals surface area (Å²) in [5, 5.41) is 0. The molecule has 4 aromatic rings. The van der Waals surface area contributed by atoms with Crippen LogP contribution in [0.15, 0.2) is 77.3 Å². The van der Waals surface area contributed by atoms with Gasteiger partial charge >= 0.3 is 11.9 Å². The van der Waals surface area contributed by atoms with Crippen molar-refractivity contribution in [3.05, 3.63) is 101 Å². The molecule has 2 aromatic carbocycles. The van der Waals surface area contributed by atoms with E-state index in [0.717, 1.165) is 22.4 Å². The summed E-state index contributed by atoms with van der Waals surface area (Å²) in [6.45, 7) is 0.717. The Morgan fingerprint density at radius 2 is 1.61 bits per heavy atom. The number of carbonyl (C=O) groups excluding carboxylic acids is 1. The number of benzene rings is 2. The molecule has 0 aliphatic heterocycles. The van der Waals surface area contributed by atoms with Crippen LogP contribution in [0.5, 0.6) is 17.6 Å². The summed E-state index contributed by atoms with van der Waals surface area (Å²) in [5.74, 6) is 0.435. The van der Waals surface area contributed by atoms with Crippen LogP contribution in [0.1, 0.15) is 33.1 Å². The van der Waals surface area contributed by atoms with E-state index in [4.69, 9.17) is 24.4 Å². The molecule has 0 bridgehead atoms. The van der Waals surface area contributed by atoms with Crippen LogP contribution in [0.25, 0.3) is 0 Å². The lowest BCUT2D eigenvalue weighted by Gasteiger charge is -2.08. The quantitative estimate of drug-likeness (QED) is 0.394. The molecule has 2 N–H and O–H groups in total. The van der Waals surface area contributed by atoms with Crippen molar-refractivity contribution in [1.82, 2.24) is 9.97 Å². The van der Waals surface area contributed by atoms with Gasteiger partial charge in [-0.05, 0) is 28.8 Å². The molecular weight excluding hydrogens is 422 g/mol. The Labute approximate surface area is 191 Å². The molecule has 0 aliphatic rings. The monoisotopic (exact) mass is 445 g/mol. The van der Waals surface area contributed by atoms with Crippen molar-refractivity contribution in [3.63, 3.8) is 0 Å². The summed E-state index contributed by atoms with van der Waals surface area (Å²) in [5.41, 5.74) is 8.63. The average molecular weight is 445 g/mol. The molecule has 0 saturated carbocycles. The van der Waals surface area contributed by atoms with Crippen LogP contribution < -0.4 is 19.9 Å². The first kappa shape index (κ1) is 21.9. The van der Waals surface area contributed by atoms with Crippen LogP contribution in [-0.2, 0) is 19.6 Å². The summed E-state index contributed by atoms with van der Waals surface area (Å²) in [7, 11) is 1.55. The lowest BCUT2D eigenvalue weighted by Crippen LogP contribution is -2.11. The summed E-state index contributed by atoms with van der Waals surface area (Å²) in [6.07, 6.45) is 2.02. The predicted octanol–water partition coefficient (Wildman–Crippen LogP) is 3.93. The van der Waals surface area contributed by atoms with Crippen molar-refractivity contribution in [2.24, 2.45) is 5.73 Å². The van der Waals surface area contributed by atoms with E-state index >= 15 is 0 Å². The van der Waals surface area contributed by atoms with Gasteiger partial charge in [0.1, 0.15) is 24.7 Å². The summed E-state index contributed by atoms with van der Waals surface area (Å²) in [6, 6.07) is 21.1. The minimum absolute atomic E-state index is 0.143. The smallest absolute Gasteiger partial charge is 0.309 e. The van der Waals surface area contributed by atoms with E-state index < -0.39 is 5.91 Å². The van der Waals surface area contributed by atoms with Crippen LogP contribution in [0.4, 0.5) is 0 Å². The molecule has 2 aromatic heterocycles. The Bertz CT molecular complexity index is 1190. The predicted molar refractivity (Wildman–Crippen MR) is 120 cm³/mol. The zero-order valence-corrected chi connectivity index (χ0v) is 18.1. The van der Waals surface area contributed by atoms with Crippen LogP contribution in [0.2, 0.25) is 0 Å². The molecule has 0 fully saturated rings. The number of nitrogens with zero attached hydrogens (tertiary/aromatic N) is 2. The molecule has 0 saturated heterocycles. The van der Waals surface area contributed by atoms with E-state index in [2.05, 4.69) is 9.97 Å². The van der Waals surface area contributed by atoms with Crippen LogP contribution >= 0.6 is 0 Å². The summed E-state index contributed by atoms with van der Waals surface area (Å²) >= 11 is 0. The molecule has 1 amide bonds. The maximum absolute atomic E-state index is 11.5. The van der Waals surface area contributed by atoms with Gasteiger partial charge in [0, 0.05) is 18.7 Å². The number of nitrogens with two attached hydrogens (primary N) is 1. The summed E-state index contributed by atoms with van der Waals surface area (Å²) in [4.78, 5) is 19.9. The van der Waals surface area contributed by atoms with E-state index in [1.807, 2.05) is 60.7 Å². The minimum Gasteiger partial charge on any atom is -0.489 e. The number of oxazole rings is 1. The number of hydrogen-bond donors (Lipinski definition) is 1. The molecular formula is C25H23N3O5. The van der Waals surface area contributed by atoms with E-state index in [0.29, 0.717) is 24.6 Å². The number of pyridine rings is 1. The molecule has 8 nitrogen and oxygen atoms in total. The van der Waals surface area contributed by atoms with E-state index in [-0.39, 0.29) is 18.4 Å². The number of carbonyl (C=O) groups is 1. The number of hydrogen-bond acceptors (Lipinski definition) is 7. The second-order valence-electron chi connectivity index (χ2n) is 7.21. The lowest BCUT2D eigenvalue weighted by atomic mass is 10.1. The normalized spacial score (nSPS) is 10.6. The van der Waals surface area contributed by atoms with E-state index in [1.165, 1.54) is 0 Å². The number of amides is 1. The molecule has 0 unspecified atom stereocenters. The number of aromatic nitrogens is 2. The third-order valence-electron chi connectivity index (χ3n) is 4.79. The van der Waals surface area contributed by atoms with Crippen LogP contribution in [-0.4, -0.2) is 23.0 Å². The van der Waals surface area contributed by atoms with Crippen LogP contribution in [0.3, 0.4) is 0 Å². The Kier molecular flexibility index (Phi) is 6.84. The van der Waals surface area contributed by atoms with Crippen molar-refractivity contribution in [2.45, 2.75) is 19.6 Å². The van der Waals surface area contributed by atoms with Gasteiger partial charge in [-0.1, -0.05) is 48.5 Å². The highest BCUT2D eigenvalue weighted by Crippen LogP contribution is 2.25. The molecule has 168 valence electrons. The van der Waals surface area contributed by atoms with E-state index in [1.54, 1.807) is 19.4 Å². The second-order valence-corrected chi connectivity index (χ2v) is 7.21. The molecule has 8 heteroatoms. The summed E-state index contributed by atoms with van der Waals surface area (Å²) < 4.78 is 22.1. The Morgan fingerprint density at radius 3 is 2.27 bits per heavy atom. The largest absolute Gasteiger partial charge is 0.489 e. The fraction of sp³-hybridized carbons (Fsp3) is 0.160. The lowest BCUT2D eigenvalue weighted by molar-refractivity contribution is 0.0957. The molecule has 0 spiro atoms. The highest BCUT2D eigenvalue weighted by Gasteiger charge is 2.19. The molecule has 4 rings (SSSR count). The Hall–Kier alpha value is -4.33. The van der Waals surface area contributed by atoms with Crippen molar-refractivity contribution in [1.29, 1.82) is 0 Å². The average Bonchev–Trinajstić information content (AvgIpc) is 3.26. The topological polar surface area (TPSA) is 110 Å². The highest BCUT2D eigenvalue weighted by atomic mass is 16.6. The Balaban J connectivity index is 1.40. The van der Waals surface area contributed by atoms with Gasteiger partial charge in [-0.25, -0.2) is 9.97 Å². The molecule has 33 heavy (non-hydrogen) atoms. The fourth-order valence-electron chi connectivity index (χ4n) is 3.07. The van der Waals surface area contributed by atoms with Gasteiger partial charge in [0.2, 0.25) is 5.88 Å². The van der Waals surface area contributed by atoms with Crippen molar-refractivity contribution in [3.8, 4) is 17.6 Å². The maximum Gasteiger partial charge on any atom is 0.309 e. The first-order valence-corrected chi connectivity index (χ1v) is 10.3. The highest BCUT2D eigenvalue weighted by molar-refractivity contribution is 5.88. The first-order chi connectivity index (χ1) is 16.1. The van der Waals surface area contributed by atoms with Crippen molar-refractivity contribution in [2.75, 3.05) is 7.11 Å². The number of methoxy groups -OCH3 is 1. The standard InChI is InChI=1S/C25H23N3O5/c1-30-22-12-9-19(14-27-22)13-21-25(33-24(28-21)23(26)29)32-16-18-7-10-20(11-8-18)31-15-17-5-3-2-4-6-17/h2-12,14H,13,15-16H2,1H3,(H2,26,29). The number of rotatable bonds is 10. The third-order valence-corrected chi connectivity index (χ3v) is 4.79. The van der Waals surface area contributed by atoms with Gasteiger partial charge in [-0.3, -0.25) is 4.79 Å². The minimum atomic E-state index is -0.765. The second kappa shape index (κ2) is 10.3. The van der Waals surface area contributed by atoms with Crippen molar-refractivity contribution < 1.29 is 23.4 Å².